The first-order valence-electron chi connectivity index (χ1n) is 3.36. The molecule has 0 aromatic carbocycles. The van der Waals surface area contributed by atoms with Crippen LogP contribution in [0.5, 0.6) is 0 Å². The molecule has 0 saturated heterocycles. The Morgan fingerprint density at radius 2 is 2.00 bits per heavy atom. The highest BCUT2D eigenvalue weighted by atomic mass is 16.6. The molecule has 1 amide bonds. The van der Waals surface area contributed by atoms with Gasteiger partial charge < -0.3 is 10.1 Å². The van der Waals surface area contributed by atoms with Crippen LogP contribution >= 0.6 is 0 Å². The lowest BCUT2D eigenvalue weighted by atomic mass is 10.5. The van der Waals surface area contributed by atoms with Crippen molar-refractivity contribution in [2.24, 2.45) is 0 Å². The maximum atomic E-state index is 10.6. The predicted molar refractivity (Wildman–Crippen MR) is 44.1 cm³/mol. The van der Waals surface area contributed by atoms with Gasteiger partial charge in [0.05, 0.1) is 0 Å². The lowest BCUT2D eigenvalue weighted by Crippen LogP contribution is -2.34. The number of amides is 1. The van der Waals surface area contributed by atoms with Crippen molar-refractivity contribution in [3.05, 3.63) is 25.3 Å². The second kappa shape index (κ2) is 5.12. The second-order valence-electron chi connectivity index (χ2n) is 2.00. The Bertz CT molecular complexity index is 188. The summed E-state index contributed by atoms with van der Waals surface area (Å²) in [5, 5.41) is 2.35. The molecule has 0 radical (unpaired) electrons. The first-order chi connectivity index (χ1) is 5.60. The highest BCUT2D eigenvalue weighted by molar-refractivity contribution is 5.87. The topological polar surface area (TPSA) is 55.4 Å². The smallest absolute Gasteiger partial charge is 0.332 e. The highest BCUT2D eigenvalue weighted by Gasteiger charge is 2.06. The lowest BCUT2D eigenvalue weighted by molar-refractivity contribution is -0.144. The SMILES string of the molecule is C=CC(=O)NC(C)OC(=O)C=C. The van der Waals surface area contributed by atoms with Crippen LogP contribution in [0.3, 0.4) is 0 Å². The summed E-state index contributed by atoms with van der Waals surface area (Å²) < 4.78 is 4.64. The summed E-state index contributed by atoms with van der Waals surface area (Å²) in [4.78, 5) is 21.2. The number of esters is 1. The van der Waals surface area contributed by atoms with Gasteiger partial charge in [-0.05, 0) is 13.0 Å². The Morgan fingerprint density at radius 3 is 2.42 bits per heavy atom. The van der Waals surface area contributed by atoms with E-state index in [2.05, 4.69) is 23.2 Å². The monoisotopic (exact) mass is 169 g/mol. The molecule has 0 fully saturated rings. The first-order valence-corrected chi connectivity index (χ1v) is 3.36. The molecule has 0 aliphatic carbocycles. The number of hydrogen-bond donors (Lipinski definition) is 1. The molecular weight excluding hydrogens is 158 g/mol. The Labute approximate surface area is 70.9 Å². The van der Waals surface area contributed by atoms with E-state index >= 15 is 0 Å². The molecule has 0 aliphatic rings. The van der Waals surface area contributed by atoms with Crippen molar-refractivity contribution in [3.8, 4) is 0 Å². The third-order valence-electron chi connectivity index (χ3n) is 0.991. The van der Waals surface area contributed by atoms with Crippen molar-refractivity contribution in [1.29, 1.82) is 0 Å². The molecule has 4 nitrogen and oxygen atoms in total. The van der Waals surface area contributed by atoms with Gasteiger partial charge in [-0.2, -0.15) is 0 Å². The van der Waals surface area contributed by atoms with Gasteiger partial charge in [0, 0.05) is 6.08 Å². The van der Waals surface area contributed by atoms with Gasteiger partial charge in [-0.1, -0.05) is 13.2 Å². The van der Waals surface area contributed by atoms with Gasteiger partial charge in [-0.25, -0.2) is 4.79 Å². The van der Waals surface area contributed by atoms with E-state index in [1.807, 2.05) is 0 Å². The summed E-state index contributed by atoms with van der Waals surface area (Å²) >= 11 is 0. The molecule has 0 heterocycles. The van der Waals surface area contributed by atoms with Crippen LogP contribution in [0.2, 0.25) is 0 Å². The van der Waals surface area contributed by atoms with Gasteiger partial charge in [-0.15, -0.1) is 0 Å². The zero-order valence-corrected chi connectivity index (χ0v) is 6.87. The van der Waals surface area contributed by atoms with Crippen LogP contribution in [0.4, 0.5) is 0 Å². The molecule has 12 heavy (non-hydrogen) atoms. The summed E-state index contributed by atoms with van der Waals surface area (Å²) in [5.74, 6) is -0.966. The van der Waals surface area contributed by atoms with Crippen molar-refractivity contribution in [2.45, 2.75) is 13.2 Å². The van der Waals surface area contributed by atoms with Crippen LogP contribution in [-0.2, 0) is 14.3 Å². The summed E-state index contributed by atoms with van der Waals surface area (Å²) in [5.41, 5.74) is 0. The fourth-order valence-corrected chi connectivity index (χ4v) is 0.511. The Balaban J connectivity index is 3.80. The zero-order chi connectivity index (χ0) is 9.56. The molecule has 0 aliphatic heterocycles. The first kappa shape index (κ1) is 10.4. The van der Waals surface area contributed by atoms with Gasteiger partial charge in [-0.3, -0.25) is 4.79 Å². The zero-order valence-electron chi connectivity index (χ0n) is 6.87. The van der Waals surface area contributed by atoms with Crippen LogP contribution < -0.4 is 5.32 Å². The van der Waals surface area contributed by atoms with Gasteiger partial charge in [0.15, 0.2) is 6.23 Å². The number of ether oxygens (including phenoxy) is 1. The van der Waals surface area contributed by atoms with E-state index in [1.165, 1.54) is 6.92 Å². The molecule has 1 unspecified atom stereocenters. The molecular formula is C8H11NO3. The quantitative estimate of drug-likeness (QED) is 0.375. The summed E-state index contributed by atoms with van der Waals surface area (Å²) in [6.45, 7) is 7.98. The maximum Gasteiger partial charge on any atom is 0.332 e. The standard InChI is InChI=1S/C8H11NO3/c1-4-7(10)9-6(3)12-8(11)5-2/h4-6H,1-2H2,3H3,(H,9,10). The Hall–Kier alpha value is -1.58. The van der Waals surface area contributed by atoms with E-state index < -0.39 is 12.2 Å². The van der Waals surface area contributed by atoms with E-state index in [0.717, 1.165) is 12.2 Å². The number of carbonyl (C=O) groups is 2. The van der Waals surface area contributed by atoms with E-state index in [0.29, 0.717) is 0 Å². The summed E-state index contributed by atoms with van der Waals surface area (Å²) in [7, 11) is 0. The number of nitrogens with one attached hydrogen (secondary N) is 1. The van der Waals surface area contributed by atoms with Crippen LogP contribution in [0.1, 0.15) is 6.92 Å². The van der Waals surface area contributed by atoms with Crippen molar-refractivity contribution in [3.63, 3.8) is 0 Å². The molecule has 66 valence electrons. The minimum absolute atomic E-state index is 0.389. The van der Waals surface area contributed by atoms with Crippen molar-refractivity contribution in [1.82, 2.24) is 5.32 Å². The van der Waals surface area contributed by atoms with Crippen molar-refractivity contribution >= 4 is 11.9 Å². The van der Waals surface area contributed by atoms with E-state index in [1.54, 1.807) is 0 Å². The van der Waals surface area contributed by atoms with Crippen LogP contribution in [-0.4, -0.2) is 18.1 Å². The third-order valence-corrected chi connectivity index (χ3v) is 0.991. The van der Waals surface area contributed by atoms with Gasteiger partial charge in [0.25, 0.3) is 0 Å². The average Bonchev–Trinajstić information content (AvgIpc) is 2.03. The molecule has 0 aromatic heterocycles. The van der Waals surface area contributed by atoms with Crippen molar-refractivity contribution in [2.75, 3.05) is 0 Å². The number of carbonyl (C=O) groups excluding carboxylic acids is 2. The van der Waals surface area contributed by atoms with Gasteiger partial charge in [0.1, 0.15) is 0 Å². The van der Waals surface area contributed by atoms with Crippen LogP contribution in [0, 0.1) is 0 Å². The fourth-order valence-electron chi connectivity index (χ4n) is 0.511. The van der Waals surface area contributed by atoms with Crippen molar-refractivity contribution < 1.29 is 14.3 Å². The molecule has 1 N–H and O–H groups in total. The number of hydrogen-bond acceptors (Lipinski definition) is 3. The molecule has 0 spiro atoms. The molecule has 4 heteroatoms. The normalized spacial score (nSPS) is 11.1. The summed E-state index contributed by atoms with van der Waals surface area (Å²) in [6.07, 6.45) is 1.45. The average molecular weight is 169 g/mol. The molecule has 0 rings (SSSR count). The predicted octanol–water partition coefficient (Wildman–Crippen LogP) is 0.364. The van der Waals surface area contributed by atoms with Crippen LogP contribution in [0.25, 0.3) is 0 Å². The van der Waals surface area contributed by atoms with Crippen LogP contribution in [0.15, 0.2) is 25.3 Å². The molecule has 0 bridgehead atoms. The molecule has 1 atom stereocenters. The van der Waals surface area contributed by atoms with E-state index in [9.17, 15) is 9.59 Å². The third kappa shape index (κ3) is 4.27. The van der Waals surface area contributed by atoms with Gasteiger partial charge in [0.2, 0.25) is 5.91 Å². The van der Waals surface area contributed by atoms with E-state index in [4.69, 9.17) is 0 Å². The maximum absolute atomic E-state index is 10.6. The molecule has 0 saturated carbocycles. The van der Waals surface area contributed by atoms with E-state index in [-0.39, 0.29) is 5.91 Å². The second-order valence-corrected chi connectivity index (χ2v) is 2.00. The Kier molecular flexibility index (Phi) is 4.45. The highest BCUT2D eigenvalue weighted by Crippen LogP contribution is 1.87. The minimum atomic E-state index is -0.666. The minimum Gasteiger partial charge on any atom is -0.439 e. The summed E-state index contributed by atoms with van der Waals surface area (Å²) in [6, 6.07) is 0. The number of rotatable bonds is 4. The fraction of sp³-hybridized carbons (Fsp3) is 0.250. The van der Waals surface area contributed by atoms with Gasteiger partial charge >= 0.3 is 5.97 Å². The lowest BCUT2D eigenvalue weighted by Gasteiger charge is -2.11. The Morgan fingerprint density at radius 1 is 1.42 bits per heavy atom. The molecule has 0 aromatic rings. The largest absolute Gasteiger partial charge is 0.439 e.